The Bertz CT molecular complexity index is 911. The van der Waals surface area contributed by atoms with Crippen molar-refractivity contribution in [1.82, 2.24) is 14.9 Å². The third kappa shape index (κ3) is 3.10. The average molecular weight is 333 g/mol. The first-order valence-electron chi connectivity index (χ1n) is 8.44. The Labute approximate surface area is 146 Å². The highest BCUT2D eigenvalue weighted by Crippen LogP contribution is 2.25. The van der Waals surface area contributed by atoms with Crippen LogP contribution in [0.3, 0.4) is 0 Å². The van der Waals surface area contributed by atoms with Crippen molar-refractivity contribution in [3.8, 4) is 11.4 Å². The molecule has 0 N–H and O–H groups in total. The van der Waals surface area contributed by atoms with Crippen molar-refractivity contribution in [3.63, 3.8) is 0 Å². The lowest BCUT2D eigenvalue weighted by Crippen LogP contribution is -2.44. The second kappa shape index (κ2) is 6.61. The van der Waals surface area contributed by atoms with E-state index in [0.717, 1.165) is 16.6 Å². The molecule has 0 saturated carbocycles. The largest absolute Gasteiger partial charge is 0.375 e. The number of morpholine rings is 1. The first-order chi connectivity index (χ1) is 12.2. The molecule has 1 aromatic carbocycles. The van der Waals surface area contributed by atoms with Crippen LogP contribution in [0.25, 0.3) is 22.3 Å². The molecule has 0 bridgehead atoms. The number of hydrogen-bond acceptors (Lipinski definition) is 4. The van der Waals surface area contributed by atoms with Crippen LogP contribution in [0.4, 0.5) is 0 Å². The highest BCUT2D eigenvalue weighted by Gasteiger charge is 2.24. The standard InChI is InChI=1S/C20H19N3O2/c1-14-13-23(10-11-25-14)20(24)16-12-19(18-8-4-5-9-21-18)22-17-7-3-2-6-15(16)17/h2-9,12,14H,10-11,13H2,1H3/t14-/m1/s1. The number of fused-ring (bicyclic) bond motifs is 1. The molecule has 1 aliphatic rings. The maximum atomic E-state index is 13.2. The Morgan fingerprint density at radius 2 is 2.00 bits per heavy atom. The highest BCUT2D eigenvalue weighted by molar-refractivity contribution is 6.07. The molecule has 2 aromatic heterocycles. The van der Waals surface area contributed by atoms with Crippen LogP contribution < -0.4 is 0 Å². The molecule has 4 rings (SSSR count). The van der Waals surface area contributed by atoms with Crippen LogP contribution in [0.1, 0.15) is 17.3 Å². The second-order valence-electron chi connectivity index (χ2n) is 6.22. The zero-order chi connectivity index (χ0) is 17.2. The van der Waals surface area contributed by atoms with Crippen LogP contribution in [0.2, 0.25) is 0 Å². The van der Waals surface area contributed by atoms with E-state index in [9.17, 15) is 4.79 Å². The zero-order valence-electron chi connectivity index (χ0n) is 14.1. The topological polar surface area (TPSA) is 55.3 Å². The number of pyridine rings is 2. The van der Waals surface area contributed by atoms with Gasteiger partial charge in [0.05, 0.1) is 35.2 Å². The van der Waals surface area contributed by atoms with Gasteiger partial charge in [0.1, 0.15) is 0 Å². The molecule has 3 aromatic rings. The Kier molecular flexibility index (Phi) is 4.15. The Hall–Kier alpha value is -2.79. The number of aromatic nitrogens is 2. The summed E-state index contributed by atoms with van der Waals surface area (Å²) in [6.07, 6.45) is 1.79. The van der Waals surface area contributed by atoms with Crippen LogP contribution in [0.15, 0.2) is 54.7 Å². The first-order valence-corrected chi connectivity index (χ1v) is 8.44. The van der Waals surface area contributed by atoms with Gasteiger partial charge >= 0.3 is 0 Å². The van der Waals surface area contributed by atoms with Crippen LogP contribution in [0, 0.1) is 0 Å². The summed E-state index contributed by atoms with van der Waals surface area (Å²) in [6, 6.07) is 15.3. The highest BCUT2D eigenvalue weighted by atomic mass is 16.5. The maximum absolute atomic E-state index is 13.2. The van der Waals surface area contributed by atoms with Crippen molar-refractivity contribution >= 4 is 16.8 Å². The monoisotopic (exact) mass is 333 g/mol. The van der Waals surface area contributed by atoms with Gasteiger partial charge in [-0.2, -0.15) is 0 Å². The molecule has 1 aliphatic heterocycles. The van der Waals surface area contributed by atoms with E-state index in [1.54, 1.807) is 6.20 Å². The molecule has 5 nitrogen and oxygen atoms in total. The summed E-state index contributed by atoms with van der Waals surface area (Å²) in [5.41, 5.74) is 2.94. The van der Waals surface area contributed by atoms with E-state index in [1.165, 1.54) is 0 Å². The summed E-state index contributed by atoms with van der Waals surface area (Å²) in [5.74, 6) is 0.0194. The molecule has 126 valence electrons. The molecule has 0 unspecified atom stereocenters. The van der Waals surface area contributed by atoms with Crippen molar-refractivity contribution in [2.75, 3.05) is 19.7 Å². The second-order valence-corrected chi connectivity index (χ2v) is 6.22. The summed E-state index contributed by atoms with van der Waals surface area (Å²) in [5, 5.41) is 0.867. The summed E-state index contributed by atoms with van der Waals surface area (Å²) < 4.78 is 5.56. The quantitative estimate of drug-likeness (QED) is 0.723. The van der Waals surface area contributed by atoms with Gasteiger partial charge in [0.2, 0.25) is 0 Å². The van der Waals surface area contributed by atoms with Crippen molar-refractivity contribution in [2.45, 2.75) is 13.0 Å². The number of benzene rings is 1. The van der Waals surface area contributed by atoms with E-state index in [0.29, 0.717) is 31.0 Å². The number of rotatable bonds is 2. The number of nitrogens with zero attached hydrogens (tertiary/aromatic N) is 3. The minimum Gasteiger partial charge on any atom is -0.375 e. The molecule has 1 atom stereocenters. The molecule has 1 amide bonds. The fourth-order valence-electron chi connectivity index (χ4n) is 3.17. The maximum Gasteiger partial charge on any atom is 0.254 e. The van der Waals surface area contributed by atoms with Crippen molar-refractivity contribution in [2.24, 2.45) is 0 Å². The molecule has 1 saturated heterocycles. The number of carbonyl (C=O) groups is 1. The molecule has 0 aliphatic carbocycles. The Balaban J connectivity index is 1.82. The van der Waals surface area contributed by atoms with E-state index in [1.807, 2.05) is 60.4 Å². The predicted octanol–water partition coefficient (Wildman–Crippen LogP) is 3.16. The van der Waals surface area contributed by atoms with E-state index in [-0.39, 0.29) is 12.0 Å². The zero-order valence-corrected chi connectivity index (χ0v) is 14.1. The van der Waals surface area contributed by atoms with E-state index < -0.39 is 0 Å². The molecule has 3 heterocycles. The molecule has 1 fully saturated rings. The number of ether oxygens (including phenoxy) is 1. The fourth-order valence-corrected chi connectivity index (χ4v) is 3.17. The number of amides is 1. The van der Waals surface area contributed by atoms with Gasteiger partial charge in [-0.3, -0.25) is 9.78 Å². The van der Waals surface area contributed by atoms with E-state index in [2.05, 4.69) is 4.98 Å². The molecule has 0 spiro atoms. The van der Waals surface area contributed by atoms with Crippen LogP contribution in [0.5, 0.6) is 0 Å². The normalized spacial score (nSPS) is 17.6. The third-order valence-electron chi connectivity index (χ3n) is 4.40. The SMILES string of the molecule is C[C@@H]1CN(C(=O)c2cc(-c3ccccn3)nc3ccccc23)CCO1. The summed E-state index contributed by atoms with van der Waals surface area (Å²) in [6.45, 7) is 3.78. The summed E-state index contributed by atoms with van der Waals surface area (Å²) in [4.78, 5) is 24.1. The van der Waals surface area contributed by atoms with Gasteiger partial charge < -0.3 is 9.64 Å². The van der Waals surface area contributed by atoms with Gasteiger partial charge in [-0.15, -0.1) is 0 Å². The third-order valence-corrected chi connectivity index (χ3v) is 4.40. The van der Waals surface area contributed by atoms with E-state index >= 15 is 0 Å². The molecule has 5 heteroatoms. The number of para-hydroxylation sites is 1. The summed E-state index contributed by atoms with van der Waals surface area (Å²) >= 11 is 0. The van der Waals surface area contributed by atoms with Gasteiger partial charge in [0.25, 0.3) is 5.91 Å². The summed E-state index contributed by atoms with van der Waals surface area (Å²) in [7, 11) is 0. The van der Waals surface area contributed by atoms with Gasteiger partial charge in [-0.25, -0.2) is 4.98 Å². The number of hydrogen-bond donors (Lipinski definition) is 0. The minimum atomic E-state index is 0.0194. The number of carbonyl (C=O) groups excluding carboxylic acids is 1. The lowest BCUT2D eigenvalue weighted by atomic mass is 10.0. The predicted molar refractivity (Wildman–Crippen MR) is 96.3 cm³/mol. The smallest absolute Gasteiger partial charge is 0.254 e. The van der Waals surface area contributed by atoms with Crippen molar-refractivity contribution in [1.29, 1.82) is 0 Å². The van der Waals surface area contributed by atoms with Crippen LogP contribution >= 0.6 is 0 Å². The lowest BCUT2D eigenvalue weighted by Gasteiger charge is -2.31. The molecule has 25 heavy (non-hydrogen) atoms. The first kappa shape index (κ1) is 15.7. The van der Waals surface area contributed by atoms with Crippen molar-refractivity contribution in [3.05, 3.63) is 60.3 Å². The van der Waals surface area contributed by atoms with Crippen LogP contribution in [-0.4, -0.2) is 46.6 Å². The molecular weight excluding hydrogens is 314 g/mol. The fraction of sp³-hybridized carbons (Fsp3) is 0.250. The van der Waals surface area contributed by atoms with Gasteiger partial charge in [0, 0.05) is 24.7 Å². The minimum absolute atomic E-state index is 0.0194. The van der Waals surface area contributed by atoms with Crippen molar-refractivity contribution < 1.29 is 9.53 Å². The molecular formula is C20H19N3O2. The Morgan fingerprint density at radius 1 is 1.16 bits per heavy atom. The van der Waals surface area contributed by atoms with E-state index in [4.69, 9.17) is 9.72 Å². The Morgan fingerprint density at radius 3 is 2.80 bits per heavy atom. The molecule has 0 radical (unpaired) electrons. The van der Waals surface area contributed by atoms with Crippen LogP contribution in [-0.2, 0) is 4.74 Å². The van der Waals surface area contributed by atoms with Gasteiger partial charge in [-0.1, -0.05) is 24.3 Å². The van der Waals surface area contributed by atoms with Gasteiger partial charge in [-0.05, 0) is 31.2 Å². The van der Waals surface area contributed by atoms with Gasteiger partial charge in [0.15, 0.2) is 0 Å². The lowest BCUT2D eigenvalue weighted by molar-refractivity contribution is -0.0123. The average Bonchev–Trinajstić information content (AvgIpc) is 2.67.